The Morgan fingerprint density at radius 1 is 1.35 bits per heavy atom. The Morgan fingerprint density at radius 2 is 2.06 bits per heavy atom. The van der Waals surface area contributed by atoms with E-state index in [9.17, 15) is 9.11 Å². The number of aryl methyl sites for hydroxylation is 1. The highest BCUT2D eigenvalue weighted by Crippen LogP contribution is 2.32. The molecule has 0 spiro atoms. The third-order valence-corrected chi connectivity index (χ3v) is 3.54. The number of hydrogen-bond acceptors (Lipinski definition) is 4. The minimum atomic E-state index is -2.38. The molecule has 0 saturated heterocycles. The van der Waals surface area contributed by atoms with E-state index in [0.29, 0.717) is 12.3 Å². The predicted molar refractivity (Wildman–Crippen MR) is 73.6 cm³/mol. The Kier molecular flexibility index (Phi) is 5.39. The Morgan fingerprint density at radius 3 is 2.53 bits per heavy atom. The topological polar surface area (TPSA) is 56.6 Å². The fraction of sp³-hybridized carbons (Fsp3) is 0.583. The first-order valence-electron chi connectivity index (χ1n) is 5.74. The van der Waals surface area contributed by atoms with Crippen LogP contribution in [0.1, 0.15) is 18.2 Å². The zero-order valence-electron chi connectivity index (χ0n) is 10.8. The number of nitrogens with zero attached hydrogens (tertiary/aromatic N) is 2. The average Bonchev–Trinajstić information content (AvgIpc) is 2.27. The van der Waals surface area contributed by atoms with Gasteiger partial charge in [-0.1, -0.05) is 13.0 Å². The normalized spacial score (nSPS) is 13.1. The summed E-state index contributed by atoms with van der Waals surface area (Å²) in [6.45, 7) is 3.50. The molecule has 0 amide bonds. The molecule has 98 valence electrons. The second-order valence-corrected chi connectivity index (χ2v) is 6.84. The zero-order chi connectivity index (χ0) is 12.9. The molecule has 0 saturated carbocycles. The van der Waals surface area contributed by atoms with Crippen LogP contribution in [-0.4, -0.2) is 44.6 Å². The molecule has 2 N–H and O–H groups in total. The van der Waals surface area contributed by atoms with E-state index in [1.807, 2.05) is 24.2 Å². The van der Waals surface area contributed by atoms with Gasteiger partial charge in [0.2, 0.25) is 0 Å². The second kappa shape index (κ2) is 6.35. The standard InChI is InChI=1S/C12H22N2O2S/c1-4-11-5-6-12(13-9-11)10-14(2)7-8-17(3,15)16/h5-6,9,15-16H,4,7-8,10H2,1-3H3. The maximum absolute atomic E-state index is 9.30. The highest BCUT2D eigenvalue weighted by molar-refractivity contribution is 8.23. The lowest BCUT2D eigenvalue weighted by Gasteiger charge is -2.29. The van der Waals surface area contributed by atoms with E-state index in [0.717, 1.165) is 18.7 Å². The molecule has 0 atom stereocenters. The number of hydrogen-bond donors (Lipinski definition) is 2. The van der Waals surface area contributed by atoms with Gasteiger partial charge in [0.05, 0.1) is 5.69 Å². The van der Waals surface area contributed by atoms with Gasteiger partial charge in [-0.3, -0.25) is 19.0 Å². The van der Waals surface area contributed by atoms with Gasteiger partial charge >= 0.3 is 0 Å². The molecule has 1 aromatic rings. The first kappa shape index (κ1) is 14.4. The molecule has 4 nitrogen and oxygen atoms in total. The Labute approximate surface area is 105 Å². The summed E-state index contributed by atoms with van der Waals surface area (Å²) >= 11 is 0. The smallest absolute Gasteiger partial charge is 0.0544 e. The minimum absolute atomic E-state index is 0.413. The van der Waals surface area contributed by atoms with Crippen molar-refractivity contribution in [3.05, 3.63) is 29.6 Å². The molecule has 0 unspecified atom stereocenters. The Bertz CT molecular complexity index is 335. The van der Waals surface area contributed by atoms with Crippen LogP contribution >= 0.6 is 10.6 Å². The van der Waals surface area contributed by atoms with Gasteiger partial charge in [0, 0.05) is 31.3 Å². The van der Waals surface area contributed by atoms with E-state index in [1.54, 1.807) is 0 Å². The molecule has 0 aliphatic rings. The summed E-state index contributed by atoms with van der Waals surface area (Å²) in [5.41, 5.74) is 2.25. The van der Waals surface area contributed by atoms with Crippen molar-refractivity contribution in [2.24, 2.45) is 0 Å². The van der Waals surface area contributed by atoms with Crippen molar-refractivity contribution in [3.8, 4) is 0 Å². The van der Waals surface area contributed by atoms with Crippen LogP contribution in [0.4, 0.5) is 0 Å². The van der Waals surface area contributed by atoms with Crippen molar-refractivity contribution in [1.29, 1.82) is 0 Å². The molecule has 0 bridgehead atoms. The fourth-order valence-corrected chi connectivity index (χ4v) is 2.10. The summed E-state index contributed by atoms with van der Waals surface area (Å²) in [6, 6.07) is 4.11. The summed E-state index contributed by atoms with van der Waals surface area (Å²) in [7, 11) is -0.425. The van der Waals surface area contributed by atoms with Gasteiger partial charge in [0.25, 0.3) is 0 Å². The molecule has 17 heavy (non-hydrogen) atoms. The van der Waals surface area contributed by atoms with Crippen molar-refractivity contribution in [2.75, 3.05) is 25.6 Å². The zero-order valence-corrected chi connectivity index (χ0v) is 11.6. The van der Waals surface area contributed by atoms with Crippen molar-refractivity contribution < 1.29 is 9.11 Å². The van der Waals surface area contributed by atoms with E-state index >= 15 is 0 Å². The van der Waals surface area contributed by atoms with E-state index in [2.05, 4.69) is 18.0 Å². The molecule has 1 aromatic heterocycles. The second-order valence-electron chi connectivity index (χ2n) is 4.45. The highest BCUT2D eigenvalue weighted by Gasteiger charge is 2.07. The molecule has 0 fully saturated rings. The van der Waals surface area contributed by atoms with Gasteiger partial charge in [-0.25, -0.2) is 0 Å². The molecular weight excluding hydrogens is 236 g/mol. The molecular formula is C12H22N2O2S. The van der Waals surface area contributed by atoms with Gasteiger partial charge in [-0.05, 0) is 25.1 Å². The highest BCUT2D eigenvalue weighted by atomic mass is 32.3. The summed E-state index contributed by atoms with van der Waals surface area (Å²) in [6.07, 6.45) is 4.38. The third-order valence-electron chi connectivity index (χ3n) is 2.59. The maximum atomic E-state index is 9.30. The van der Waals surface area contributed by atoms with Gasteiger partial charge in [-0.2, -0.15) is 10.6 Å². The molecule has 0 aromatic carbocycles. The molecule has 0 radical (unpaired) electrons. The molecule has 1 rings (SSSR count). The third kappa shape index (κ3) is 6.02. The fourth-order valence-electron chi connectivity index (χ4n) is 1.44. The van der Waals surface area contributed by atoms with E-state index < -0.39 is 10.6 Å². The van der Waals surface area contributed by atoms with E-state index in [4.69, 9.17) is 0 Å². The van der Waals surface area contributed by atoms with Gasteiger partial charge in [0.1, 0.15) is 0 Å². The summed E-state index contributed by atoms with van der Waals surface area (Å²) in [5, 5.41) is 0. The van der Waals surface area contributed by atoms with Crippen molar-refractivity contribution >= 4 is 10.6 Å². The van der Waals surface area contributed by atoms with Gasteiger partial charge in [-0.15, -0.1) is 0 Å². The monoisotopic (exact) mass is 258 g/mol. The molecule has 1 heterocycles. The molecule has 0 aliphatic heterocycles. The van der Waals surface area contributed by atoms with E-state index in [1.165, 1.54) is 11.8 Å². The van der Waals surface area contributed by atoms with Crippen molar-refractivity contribution in [1.82, 2.24) is 9.88 Å². The maximum Gasteiger partial charge on any atom is 0.0544 e. The van der Waals surface area contributed by atoms with Crippen LogP contribution < -0.4 is 0 Å². The van der Waals surface area contributed by atoms with Crippen LogP contribution in [0, 0.1) is 0 Å². The first-order chi connectivity index (χ1) is 7.90. The van der Waals surface area contributed by atoms with Crippen LogP contribution in [0.2, 0.25) is 0 Å². The van der Waals surface area contributed by atoms with E-state index in [-0.39, 0.29) is 0 Å². The van der Waals surface area contributed by atoms with Crippen molar-refractivity contribution in [2.45, 2.75) is 19.9 Å². The Hall–Kier alpha value is -0.620. The van der Waals surface area contributed by atoms with Crippen LogP contribution in [0.15, 0.2) is 18.3 Å². The first-order valence-corrected chi connectivity index (χ1v) is 7.86. The van der Waals surface area contributed by atoms with Crippen molar-refractivity contribution in [3.63, 3.8) is 0 Å². The number of rotatable bonds is 6. The lowest BCUT2D eigenvalue weighted by molar-refractivity contribution is 0.337. The number of aromatic nitrogens is 1. The number of pyridine rings is 1. The summed E-state index contributed by atoms with van der Waals surface area (Å²) in [4.78, 5) is 6.42. The minimum Gasteiger partial charge on any atom is -0.300 e. The SMILES string of the molecule is CCc1ccc(CN(C)CCS(C)(O)O)nc1. The molecule has 5 heteroatoms. The average molecular weight is 258 g/mol. The lowest BCUT2D eigenvalue weighted by Crippen LogP contribution is -2.24. The summed E-state index contributed by atoms with van der Waals surface area (Å²) < 4.78 is 18.6. The molecule has 0 aliphatic carbocycles. The van der Waals surface area contributed by atoms with Crippen LogP contribution in [-0.2, 0) is 13.0 Å². The van der Waals surface area contributed by atoms with Crippen LogP contribution in [0.3, 0.4) is 0 Å². The van der Waals surface area contributed by atoms with Crippen LogP contribution in [0.25, 0.3) is 0 Å². The van der Waals surface area contributed by atoms with Gasteiger partial charge in [0.15, 0.2) is 0 Å². The predicted octanol–water partition coefficient (Wildman–Crippen LogP) is 2.46. The van der Waals surface area contributed by atoms with Crippen LogP contribution in [0.5, 0.6) is 0 Å². The lowest BCUT2D eigenvalue weighted by atomic mass is 10.2. The largest absolute Gasteiger partial charge is 0.300 e. The van der Waals surface area contributed by atoms with Gasteiger partial charge < -0.3 is 0 Å². The Balaban J connectivity index is 2.42. The summed E-state index contributed by atoms with van der Waals surface area (Å²) in [5.74, 6) is 0.413. The quantitative estimate of drug-likeness (QED) is 0.823.